The summed E-state index contributed by atoms with van der Waals surface area (Å²) in [5, 5.41) is 9.03. The first-order valence-electron chi connectivity index (χ1n) is 14.4. The van der Waals surface area contributed by atoms with E-state index < -0.39 is 27.7 Å². The van der Waals surface area contributed by atoms with Crippen molar-refractivity contribution in [2.75, 3.05) is 18.5 Å². The molecule has 13 heteroatoms. The van der Waals surface area contributed by atoms with E-state index in [1.807, 2.05) is 19.1 Å². The number of ether oxygens (including phenoxy) is 2. The fourth-order valence-corrected chi connectivity index (χ4v) is 7.19. The molecule has 1 aromatic heterocycles. The van der Waals surface area contributed by atoms with Crippen LogP contribution in [0.1, 0.15) is 65.5 Å². The van der Waals surface area contributed by atoms with Crippen molar-refractivity contribution < 1.29 is 27.5 Å². The molecule has 44 heavy (non-hydrogen) atoms. The summed E-state index contributed by atoms with van der Waals surface area (Å²) in [5.41, 5.74) is 0.885. The fourth-order valence-electron chi connectivity index (χ4n) is 4.42. The van der Waals surface area contributed by atoms with Crippen molar-refractivity contribution in [2.24, 2.45) is 0 Å². The van der Waals surface area contributed by atoms with Crippen LogP contribution in [0.4, 0.5) is 15.3 Å². The number of carbonyl (C=O) groups excluding carboxylic acids is 2. The first kappa shape index (κ1) is 35.0. The van der Waals surface area contributed by atoms with E-state index in [1.165, 1.54) is 17.4 Å². The summed E-state index contributed by atoms with van der Waals surface area (Å²) in [6, 6.07) is 4.11. The zero-order valence-electron chi connectivity index (χ0n) is 26.1. The van der Waals surface area contributed by atoms with E-state index in [2.05, 4.69) is 32.2 Å². The van der Waals surface area contributed by atoms with E-state index in [9.17, 15) is 18.0 Å². The lowest BCUT2D eigenvalue weighted by Crippen LogP contribution is -2.42. The van der Waals surface area contributed by atoms with Crippen molar-refractivity contribution in [1.29, 1.82) is 0 Å². The number of carbonyl (C=O) groups is 2. The molecule has 3 amide bonds. The number of nitrogens with one attached hydrogen (secondary N) is 4. The van der Waals surface area contributed by atoms with Crippen LogP contribution in [0.2, 0.25) is 0 Å². The van der Waals surface area contributed by atoms with Crippen LogP contribution in [0.3, 0.4) is 0 Å². The highest BCUT2D eigenvalue weighted by atomic mass is 32.2. The van der Waals surface area contributed by atoms with Gasteiger partial charge in [0.1, 0.15) is 11.1 Å². The number of urea groups is 1. The normalized spacial score (nSPS) is 17.8. The molecular formula is C31H43N5O6S2. The second-order valence-corrected chi connectivity index (χ2v) is 14.3. The lowest BCUT2D eigenvalue weighted by Gasteiger charge is -2.28. The third-order valence-electron chi connectivity index (χ3n) is 6.14. The van der Waals surface area contributed by atoms with Gasteiger partial charge in [0, 0.05) is 29.5 Å². The zero-order valence-corrected chi connectivity index (χ0v) is 27.7. The first-order chi connectivity index (χ1) is 20.7. The highest BCUT2D eigenvalue weighted by Gasteiger charge is 2.29. The molecule has 4 N–H and O–H groups in total. The molecule has 0 unspecified atom stereocenters. The monoisotopic (exact) mass is 645 g/mol. The molecule has 1 aromatic carbocycles. The van der Waals surface area contributed by atoms with Gasteiger partial charge in [0.2, 0.25) is 10.0 Å². The van der Waals surface area contributed by atoms with Gasteiger partial charge in [-0.1, -0.05) is 36.9 Å². The minimum absolute atomic E-state index is 0.0130. The van der Waals surface area contributed by atoms with Crippen LogP contribution in [-0.4, -0.2) is 56.4 Å². The van der Waals surface area contributed by atoms with Crippen LogP contribution in [-0.2, 0) is 19.5 Å². The summed E-state index contributed by atoms with van der Waals surface area (Å²) in [4.78, 5) is 29.8. The molecule has 1 aliphatic heterocycles. The summed E-state index contributed by atoms with van der Waals surface area (Å²) in [7, 11) is -3.99. The smallest absolute Gasteiger partial charge is 0.407 e. The minimum atomic E-state index is -3.99. The summed E-state index contributed by atoms with van der Waals surface area (Å²) >= 11 is 1.34. The molecule has 0 spiro atoms. The Bertz CT molecular complexity index is 1480. The fraction of sp³-hybridized carbons (Fsp3) is 0.452. The number of hydrogen-bond donors (Lipinski definition) is 4. The maximum atomic E-state index is 13.6. The number of benzene rings is 1. The Kier molecular flexibility index (Phi) is 12.3. The Hall–Kier alpha value is -3.52. The number of nitrogens with zero attached hydrogens (tertiary/aromatic N) is 1. The number of anilines is 1. The molecule has 11 nitrogen and oxygen atoms in total. The average molecular weight is 646 g/mol. The third kappa shape index (κ3) is 10.6. The third-order valence-corrected chi connectivity index (χ3v) is 9.06. The Labute approximate surface area is 264 Å². The maximum absolute atomic E-state index is 13.6. The molecule has 2 aromatic rings. The zero-order chi connectivity index (χ0) is 32.5. The number of rotatable bonds is 11. The van der Waals surface area contributed by atoms with Gasteiger partial charge in [-0.25, -0.2) is 27.7 Å². The number of thiazole rings is 1. The number of allylic oxidation sites excluding steroid dienone is 3. The Balaban J connectivity index is 1.81. The average Bonchev–Trinajstić information content (AvgIpc) is 3.41. The van der Waals surface area contributed by atoms with Crippen molar-refractivity contribution in [3.63, 3.8) is 0 Å². The highest BCUT2D eigenvalue weighted by molar-refractivity contribution is 7.89. The highest BCUT2D eigenvalue weighted by Crippen LogP contribution is 2.38. The summed E-state index contributed by atoms with van der Waals surface area (Å²) in [5.74, 6) is 0. The predicted octanol–water partition coefficient (Wildman–Crippen LogP) is 6.05. The van der Waals surface area contributed by atoms with Crippen LogP contribution < -0.4 is 20.7 Å². The quantitative estimate of drug-likeness (QED) is 0.218. The first-order valence-corrected chi connectivity index (χ1v) is 16.7. The van der Waals surface area contributed by atoms with Crippen molar-refractivity contribution in [2.45, 2.75) is 83.1 Å². The van der Waals surface area contributed by atoms with Gasteiger partial charge in [-0.3, -0.25) is 0 Å². The SMILES string of the molecule is C=C/C=C(\C=C/C)CNC(=O)Nc1ccc(-c2cnc([C@@H]3CC[C@@H](NC(=O)OC(C)C)CO3)s2)c(S(=O)(=O)NC(C)(C)C)c1. The van der Waals surface area contributed by atoms with Gasteiger partial charge in [-0.2, -0.15) is 0 Å². The topological polar surface area (TPSA) is 148 Å². The van der Waals surface area contributed by atoms with Crippen molar-refractivity contribution in [1.82, 2.24) is 20.3 Å². The number of hydrogen-bond acceptors (Lipinski definition) is 8. The summed E-state index contributed by atoms with van der Waals surface area (Å²) < 4.78 is 41.0. The largest absolute Gasteiger partial charge is 0.447 e. The number of amides is 3. The lowest BCUT2D eigenvalue weighted by molar-refractivity contribution is -0.00533. The van der Waals surface area contributed by atoms with Gasteiger partial charge in [0.25, 0.3) is 0 Å². The molecule has 3 rings (SSSR count). The summed E-state index contributed by atoms with van der Waals surface area (Å²) in [6.07, 6.45) is 9.13. The Morgan fingerprint density at radius 1 is 1.25 bits per heavy atom. The van der Waals surface area contributed by atoms with Gasteiger partial charge in [0.05, 0.1) is 28.5 Å². The van der Waals surface area contributed by atoms with E-state index in [4.69, 9.17) is 9.47 Å². The van der Waals surface area contributed by atoms with E-state index in [-0.39, 0.29) is 29.7 Å². The number of sulfonamides is 1. The molecule has 1 fully saturated rings. The molecule has 240 valence electrons. The van der Waals surface area contributed by atoms with E-state index in [0.717, 1.165) is 5.57 Å². The number of alkyl carbamates (subject to hydrolysis) is 1. The predicted molar refractivity (Wildman–Crippen MR) is 174 cm³/mol. The van der Waals surface area contributed by atoms with Crippen molar-refractivity contribution >= 4 is 39.2 Å². The number of aromatic nitrogens is 1. The van der Waals surface area contributed by atoms with Crippen LogP contribution in [0.25, 0.3) is 10.4 Å². The maximum Gasteiger partial charge on any atom is 0.407 e. The van der Waals surface area contributed by atoms with E-state index >= 15 is 0 Å². The Morgan fingerprint density at radius 3 is 2.61 bits per heavy atom. The minimum Gasteiger partial charge on any atom is -0.447 e. The standard InChI is InChI=1S/C31H43N5O6S2/c1-8-10-21(11-9-2)17-33-29(37)34-22-12-14-24(27(16-22)44(39,40)36-31(5,6)7)26-18-32-28(43-26)25-15-13-23(19-41-25)35-30(38)42-20(3)4/h8-12,14,16,18,20,23,25,36H,1,13,15,17,19H2,2-7H3,(H,35,38)(H2,33,34,37)/b11-9-,21-10+/t23-,25+/m1/s1. The van der Waals surface area contributed by atoms with Gasteiger partial charge < -0.3 is 25.4 Å². The van der Waals surface area contributed by atoms with Gasteiger partial charge >= 0.3 is 12.1 Å². The van der Waals surface area contributed by atoms with Crippen molar-refractivity contribution in [3.05, 3.63) is 65.9 Å². The molecule has 1 aliphatic rings. The van der Waals surface area contributed by atoms with E-state index in [0.29, 0.717) is 40.6 Å². The second kappa shape index (κ2) is 15.5. The Morgan fingerprint density at radius 2 is 2.00 bits per heavy atom. The molecule has 0 bridgehead atoms. The molecular weight excluding hydrogens is 603 g/mol. The van der Waals surface area contributed by atoms with Crippen molar-refractivity contribution in [3.8, 4) is 10.4 Å². The van der Waals surface area contributed by atoms with Gasteiger partial charge in [0.15, 0.2) is 0 Å². The molecule has 2 heterocycles. The van der Waals surface area contributed by atoms with E-state index in [1.54, 1.807) is 65.1 Å². The summed E-state index contributed by atoms with van der Waals surface area (Å²) in [6.45, 7) is 15.0. The van der Waals surface area contributed by atoms with Crippen LogP contribution >= 0.6 is 11.3 Å². The molecule has 0 saturated carbocycles. The second-order valence-electron chi connectivity index (χ2n) is 11.6. The van der Waals surface area contributed by atoms with Crippen LogP contribution in [0, 0.1) is 0 Å². The van der Waals surface area contributed by atoms with Gasteiger partial charge in [-0.05, 0) is 72.1 Å². The van der Waals surface area contributed by atoms with Crippen LogP contribution in [0.5, 0.6) is 0 Å². The lowest BCUT2D eigenvalue weighted by atomic mass is 10.1. The molecule has 1 saturated heterocycles. The molecule has 0 radical (unpaired) electrons. The molecule has 2 atom stereocenters. The van der Waals surface area contributed by atoms with Gasteiger partial charge in [-0.15, -0.1) is 11.3 Å². The van der Waals surface area contributed by atoms with Crippen LogP contribution in [0.15, 0.2) is 65.7 Å². The molecule has 0 aliphatic carbocycles.